The first-order valence-electron chi connectivity index (χ1n) is 7.89. The Morgan fingerprint density at radius 3 is 2.74 bits per heavy atom. The zero-order valence-electron chi connectivity index (χ0n) is 12.9. The van der Waals surface area contributed by atoms with Gasteiger partial charge in [0.25, 0.3) is 0 Å². The first-order chi connectivity index (χ1) is 9.11. The maximum atomic E-state index is 3.66. The molecule has 1 fully saturated rings. The number of hydrogen-bond acceptors (Lipinski definition) is 2. The van der Waals surface area contributed by atoms with Gasteiger partial charge in [-0.1, -0.05) is 33.6 Å². The second kappa shape index (κ2) is 6.90. The first-order valence-corrected chi connectivity index (χ1v) is 8.77. The lowest BCUT2D eigenvalue weighted by Gasteiger charge is -2.36. The number of hydrogen-bond donors (Lipinski definition) is 1. The van der Waals surface area contributed by atoms with Crippen molar-refractivity contribution in [2.45, 2.75) is 65.3 Å². The highest BCUT2D eigenvalue weighted by Crippen LogP contribution is 2.44. The Morgan fingerprint density at radius 1 is 1.37 bits per heavy atom. The van der Waals surface area contributed by atoms with Crippen LogP contribution in [0.1, 0.15) is 62.8 Å². The van der Waals surface area contributed by atoms with Crippen LogP contribution in [0.15, 0.2) is 11.4 Å². The maximum Gasteiger partial charge on any atom is 0.0109 e. The van der Waals surface area contributed by atoms with E-state index in [0.29, 0.717) is 6.04 Å². The van der Waals surface area contributed by atoms with E-state index >= 15 is 0 Å². The van der Waals surface area contributed by atoms with E-state index in [-0.39, 0.29) is 0 Å². The minimum atomic E-state index is 0.606. The fourth-order valence-electron chi connectivity index (χ4n) is 3.41. The lowest BCUT2D eigenvalue weighted by Crippen LogP contribution is -2.35. The molecule has 1 aliphatic carbocycles. The van der Waals surface area contributed by atoms with Crippen molar-refractivity contribution in [2.75, 3.05) is 6.54 Å². The molecule has 1 aromatic rings. The molecule has 0 spiro atoms. The van der Waals surface area contributed by atoms with Gasteiger partial charge in [0.05, 0.1) is 0 Å². The molecule has 1 aliphatic rings. The van der Waals surface area contributed by atoms with Crippen LogP contribution in [-0.2, 0) is 0 Å². The smallest absolute Gasteiger partial charge is 0.0109 e. The molecule has 108 valence electrons. The van der Waals surface area contributed by atoms with Gasteiger partial charge in [-0.25, -0.2) is 0 Å². The van der Waals surface area contributed by atoms with Crippen molar-refractivity contribution in [1.82, 2.24) is 5.32 Å². The van der Waals surface area contributed by atoms with Gasteiger partial charge in [-0.15, -0.1) is 11.3 Å². The van der Waals surface area contributed by atoms with Crippen LogP contribution in [-0.4, -0.2) is 12.6 Å². The summed E-state index contributed by atoms with van der Waals surface area (Å²) in [5, 5.41) is 5.94. The van der Waals surface area contributed by atoms with Crippen LogP contribution in [0.3, 0.4) is 0 Å². The highest BCUT2D eigenvalue weighted by Gasteiger charge is 2.32. The third-order valence-corrected chi connectivity index (χ3v) is 5.86. The molecule has 0 saturated heterocycles. The molecule has 19 heavy (non-hydrogen) atoms. The number of aryl methyl sites for hydroxylation is 1. The minimum Gasteiger partial charge on any atom is -0.314 e. The van der Waals surface area contributed by atoms with Crippen LogP contribution in [0.4, 0.5) is 0 Å². The first kappa shape index (κ1) is 15.1. The zero-order valence-corrected chi connectivity index (χ0v) is 13.7. The molecule has 3 atom stereocenters. The largest absolute Gasteiger partial charge is 0.314 e. The second-order valence-electron chi connectivity index (χ2n) is 6.48. The number of rotatable bonds is 5. The Balaban J connectivity index is 2.09. The summed E-state index contributed by atoms with van der Waals surface area (Å²) >= 11 is 1.98. The molecule has 2 heteroatoms. The van der Waals surface area contributed by atoms with Crippen LogP contribution in [0.25, 0.3) is 0 Å². The van der Waals surface area contributed by atoms with Crippen LogP contribution >= 0.6 is 11.3 Å². The average molecular weight is 279 g/mol. The van der Waals surface area contributed by atoms with Crippen LogP contribution < -0.4 is 5.32 Å². The van der Waals surface area contributed by atoms with Crippen LogP contribution in [0, 0.1) is 18.8 Å². The number of thiophene rings is 1. The van der Waals surface area contributed by atoms with E-state index in [1.165, 1.54) is 37.8 Å². The van der Waals surface area contributed by atoms with E-state index in [1.54, 1.807) is 4.88 Å². The lowest BCUT2D eigenvalue weighted by molar-refractivity contribution is 0.224. The Kier molecular flexibility index (Phi) is 5.47. The molecule has 0 aliphatic heterocycles. The van der Waals surface area contributed by atoms with E-state index in [1.807, 2.05) is 11.3 Å². The highest BCUT2D eigenvalue weighted by atomic mass is 32.1. The molecule has 1 heterocycles. The summed E-state index contributed by atoms with van der Waals surface area (Å²) in [5.74, 6) is 2.58. The third-order valence-electron chi connectivity index (χ3n) is 4.71. The molecule has 0 bridgehead atoms. The molecule has 1 saturated carbocycles. The Hall–Kier alpha value is -0.340. The molecule has 1 aromatic heterocycles. The summed E-state index contributed by atoms with van der Waals surface area (Å²) in [7, 11) is 0. The summed E-state index contributed by atoms with van der Waals surface area (Å²) in [6.45, 7) is 10.3. The van der Waals surface area contributed by atoms with Gasteiger partial charge in [0.2, 0.25) is 0 Å². The monoisotopic (exact) mass is 279 g/mol. The van der Waals surface area contributed by atoms with Crippen LogP contribution in [0.2, 0.25) is 0 Å². The van der Waals surface area contributed by atoms with E-state index in [4.69, 9.17) is 0 Å². The van der Waals surface area contributed by atoms with Crippen molar-refractivity contribution in [2.24, 2.45) is 11.8 Å². The Labute approximate surface area is 122 Å². The Bertz CT molecular complexity index is 382. The van der Waals surface area contributed by atoms with Gasteiger partial charge < -0.3 is 5.32 Å². The lowest BCUT2D eigenvalue weighted by atomic mass is 9.72. The second-order valence-corrected chi connectivity index (χ2v) is 7.43. The number of nitrogens with one attached hydrogen (secondary N) is 1. The summed E-state index contributed by atoms with van der Waals surface area (Å²) in [6.07, 6.45) is 5.59. The fraction of sp³-hybridized carbons (Fsp3) is 0.765. The van der Waals surface area contributed by atoms with E-state index < -0.39 is 0 Å². The van der Waals surface area contributed by atoms with Crippen molar-refractivity contribution in [1.29, 1.82) is 0 Å². The summed E-state index contributed by atoms with van der Waals surface area (Å²) in [5.41, 5.74) is 1.52. The predicted octanol–water partition coefficient (Wildman–Crippen LogP) is 4.96. The van der Waals surface area contributed by atoms with Gasteiger partial charge in [-0.2, -0.15) is 0 Å². The van der Waals surface area contributed by atoms with Gasteiger partial charge in [-0.05, 0) is 61.1 Å². The molecule has 3 unspecified atom stereocenters. The molecule has 0 amide bonds. The summed E-state index contributed by atoms with van der Waals surface area (Å²) < 4.78 is 0. The minimum absolute atomic E-state index is 0.606. The summed E-state index contributed by atoms with van der Waals surface area (Å²) in [4.78, 5) is 1.66. The predicted molar refractivity (Wildman–Crippen MR) is 86.1 cm³/mol. The SMILES string of the molecule is CCC1CCC(CNC(C)C)C(c2sccc2C)C1. The molecule has 2 rings (SSSR count). The van der Waals surface area contributed by atoms with Crippen molar-refractivity contribution in [3.8, 4) is 0 Å². The van der Waals surface area contributed by atoms with Gasteiger partial charge >= 0.3 is 0 Å². The standard InChI is InChI=1S/C17H29NS/c1-5-14-6-7-15(11-18-12(2)3)16(10-14)17-13(4)8-9-19-17/h8-9,12,14-16,18H,5-7,10-11H2,1-4H3. The van der Waals surface area contributed by atoms with Crippen molar-refractivity contribution in [3.63, 3.8) is 0 Å². The van der Waals surface area contributed by atoms with Crippen molar-refractivity contribution < 1.29 is 0 Å². The molecule has 0 radical (unpaired) electrons. The maximum absolute atomic E-state index is 3.66. The van der Waals surface area contributed by atoms with Crippen molar-refractivity contribution >= 4 is 11.3 Å². The van der Waals surface area contributed by atoms with E-state index in [2.05, 4.69) is 44.5 Å². The van der Waals surface area contributed by atoms with E-state index in [0.717, 1.165) is 17.8 Å². The van der Waals surface area contributed by atoms with Gasteiger partial charge in [0, 0.05) is 10.9 Å². The van der Waals surface area contributed by atoms with Crippen LogP contribution in [0.5, 0.6) is 0 Å². The van der Waals surface area contributed by atoms with Gasteiger partial charge in [0.15, 0.2) is 0 Å². The Morgan fingerprint density at radius 2 is 2.16 bits per heavy atom. The normalized spacial score (nSPS) is 27.9. The van der Waals surface area contributed by atoms with Gasteiger partial charge in [-0.3, -0.25) is 0 Å². The highest BCUT2D eigenvalue weighted by molar-refractivity contribution is 7.10. The summed E-state index contributed by atoms with van der Waals surface area (Å²) in [6, 6.07) is 2.90. The molecule has 1 nitrogen and oxygen atoms in total. The van der Waals surface area contributed by atoms with Crippen molar-refractivity contribution in [3.05, 3.63) is 21.9 Å². The van der Waals surface area contributed by atoms with E-state index in [9.17, 15) is 0 Å². The molecular formula is C17H29NS. The molecule has 1 N–H and O–H groups in total. The topological polar surface area (TPSA) is 12.0 Å². The quantitative estimate of drug-likeness (QED) is 0.803. The average Bonchev–Trinajstić information content (AvgIpc) is 2.82. The third kappa shape index (κ3) is 3.82. The van der Waals surface area contributed by atoms with Gasteiger partial charge in [0.1, 0.15) is 0 Å². The molecule has 0 aromatic carbocycles. The molecular weight excluding hydrogens is 250 g/mol. The fourth-order valence-corrected chi connectivity index (χ4v) is 4.54. The zero-order chi connectivity index (χ0) is 13.8.